The second-order valence-electron chi connectivity index (χ2n) is 12.4. The zero-order valence-corrected chi connectivity index (χ0v) is 27.6. The Balaban J connectivity index is 1.52. The van der Waals surface area contributed by atoms with Gasteiger partial charge < -0.3 is 14.7 Å². The number of amides is 2. The number of nitrogens with zero attached hydrogens (tertiary/aromatic N) is 1. The van der Waals surface area contributed by atoms with E-state index in [0.29, 0.717) is 28.9 Å². The largest absolute Gasteiger partial charge is 0.482 e. The lowest BCUT2D eigenvalue weighted by Gasteiger charge is -2.49. The molecule has 1 heterocycles. The van der Waals surface area contributed by atoms with Gasteiger partial charge in [0.25, 0.3) is 11.8 Å². The van der Waals surface area contributed by atoms with E-state index in [1.54, 1.807) is 48.5 Å². The molecule has 0 aromatic heterocycles. The Kier molecular flexibility index (Phi) is 10.6. The topological polar surface area (TPSA) is 151 Å². The summed E-state index contributed by atoms with van der Waals surface area (Å²) in [4.78, 5) is 47.4. The number of sulfonamides is 1. The van der Waals surface area contributed by atoms with E-state index < -0.39 is 40.5 Å². The first-order valence-corrected chi connectivity index (χ1v) is 17.6. The fourth-order valence-electron chi connectivity index (χ4n) is 6.89. The van der Waals surface area contributed by atoms with Gasteiger partial charge >= 0.3 is 5.97 Å². The highest BCUT2D eigenvalue weighted by atomic mass is 32.2. The summed E-state index contributed by atoms with van der Waals surface area (Å²) < 4.78 is 32.2. The number of benzene rings is 3. The van der Waals surface area contributed by atoms with Crippen molar-refractivity contribution in [1.82, 2.24) is 15.1 Å². The summed E-state index contributed by atoms with van der Waals surface area (Å²) >= 11 is 0. The predicted octanol–water partition coefficient (Wildman–Crippen LogP) is 4.40. The maximum absolute atomic E-state index is 14.5. The monoisotopic (exact) mass is 663 g/mol. The highest BCUT2D eigenvalue weighted by Gasteiger charge is 2.49. The van der Waals surface area contributed by atoms with Crippen LogP contribution in [-0.4, -0.2) is 61.7 Å². The highest BCUT2D eigenvalue weighted by Crippen LogP contribution is 2.47. The van der Waals surface area contributed by atoms with Crippen LogP contribution in [0.4, 0.5) is 0 Å². The van der Waals surface area contributed by atoms with Crippen LogP contribution < -0.4 is 14.9 Å². The minimum atomic E-state index is -3.46. The van der Waals surface area contributed by atoms with Gasteiger partial charge in [0, 0.05) is 23.7 Å². The number of carbonyl (C=O) groups excluding carboxylic acids is 2. The molecule has 0 radical (unpaired) electrons. The number of hydrogen-bond donors (Lipinski definition) is 3. The summed E-state index contributed by atoms with van der Waals surface area (Å²) in [6.45, 7) is 3.53. The number of hydrogen-bond acceptors (Lipinski definition) is 7. The number of aliphatic carboxylic acids is 1. The molecular formula is C35H41N3O8S. The van der Waals surface area contributed by atoms with Crippen LogP contribution in [0.15, 0.2) is 66.7 Å². The summed E-state index contributed by atoms with van der Waals surface area (Å²) in [7, 11) is -3.46. The van der Waals surface area contributed by atoms with Gasteiger partial charge in [0.1, 0.15) is 12.4 Å². The Morgan fingerprint density at radius 2 is 1.70 bits per heavy atom. The van der Waals surface area contributed by atoms with Gasteiger partial charge in [-0.25, -0.2) is 23.4 Å². The Labute approximate surface area is 275 Å². The number of nitrogens with one attached hydrogen (secondary N) is 2. The average Bonchev–Trinajstić information content (AvgIpc) is 3.03. The molecule has 0 unspecified atom stereocenters. The van der Waals surface area contributed by atoms with Gasteiger partial charge in [0.15, 0.2) is 6.61 Å². The maximum Gasteiger partial charge on any atom is 0.341 e. The fraction of sp³-hybridized carbons (Fsp3) is 0.400. The van der Waals surface area contributed by atoms with E-state index in [-0.39, 0.29) is 31.0 Å². The van der Waals surface area contributed by atoms with Crippen LogP contribution >= 0.6 is 0 Å². The van der Waals surface area contributed by atoms with Gasteiger partial charge in [-0.2, -0.15) is 0 Å². The summed E-state index contributed by atoms with van der Waals surface area (Å²) in [5.41, 5.74) is 6.95. The van der Waals surface area contributed by atoms with E-state index >= 15 is 0 Å². The number of fused-ring (bicyclic) bond motifs is 1. The molecule has 2 amide bonds. The summed E-state index contributed by atoms with van der Waals surface area (Å²) in [6.07, 6.45) is 4.32. The highest BCUT2D eigenvalue weighted by molar-refractivity contribution is 7.88. The first-order valence-electron chi connectivity index (χ1n) is 15.7. The van der Waals surface area contributed by atoms with Crippen LogP contribution in [0.1, 0.15) is 75.8 Å². The van der Waals surface area contributed by atoms with Crippen molar-refractivity contribution in [3.63, 3.8) is 0 Å². The maximum atomic E-state index is 14.5. The van der Waals surface area contributed by atoms with E-state index in [0.717, 1.165) is 42.2 Å². The van der Waals surface area contributed by atoms with E-state index in [4.69, 9.17) is 14.7 Å². The molecule has 0 spiro atoms. The fourth-order valence-corrected chi connectivity index (χ4v) is 7.41. The molecule has 2 aliphatic rings. The molecule has 3 aromatic carbocycles. The normalized spacial score (nSPS) is 21.2. The first-order chi connectivity index (χ1) is 22.4. The molecule has 4 atom stereocenters. The second-order valence-corrected chi connectivity index (χ2v) is 14.2. The summed E-state index contributed by atoms with van der Waals surface area (Å²) in [5, 5.41) is 9.04. The quantitative estimate of drug-likeness (QED) is 0.241. The zero-order chi connectivity index (χ0) is 33.7. The van der Waals surface area contributed by atoms with Gasteiger partial charge in [0.2, 0.25) is 10.0 Å². The third kappa shape index (κ3) is 8.01. The Hall–Kier alpha value is -4.26. The van der Waals surface area contributed by atoms with Gasteiger partial charge in [-0.1, -0.05) is 73.0 Å². The van der Waals surface area contributed by atoms with Crippen molar-refractivity contribution in [3.8, 4) is 5.75 Å². The van der Waals surface area contributed by atoms with Crippen LogP contribution in [0.25, 0.3) is 0 Å². The van der Waals surface area contributed by atoms with E-state index in [1.165, 1.54) is 0 Å². The Morgan fingerprint density at radius 1 is 0.979 bits per heavy atom. The molecule has 0 saturated heterocycles. The van der Waals surface area contributed by atoms with Crippen molar-refractivity contribution in [3.05, 3.63) is 100 Å². The first kappa shape index (κ1) is 34.1. The van der Waals surface area contributed by atoms with Crippen molar-refractivity contribution in [2.24, 2.45) is 5.92 Å². The molecule has 47 heavy (non-hydrogen) atoms. The lowest BCUT2D eigenvalue weighted by Crippen LogP contribution is -2.55. The number of carboxylic acids is 1. The van der Waals surface area contributed by atoms with Gasteiger partial charge in [-0.05, 0) is 61.4 Å². The molecular weight excluding hydrogens is 622 g/mol. The predicted molar refractivity (Wildman–Crippen MR) is 175 cm³/mol. The molecule has 1 aliphatic heterocycles. The Bertz CT molecular complexity index is 1740. The summed E-state index contributed by atoms with van der Waals surface area (Å²) in [5.74, 6) is -2.45. The van der Waals surface area contributed by atoms with Crippen molar-refractivity contribution >= 4 is 27.8 Å². The zero-order valence-electron chi connectivity index (χ0n) is 26.8. The van der Waals surface area contributed by atoms with E-state index in [2.05, 4.69) is 10.2 Å². The van der Waals surface area contributed by atoms with E-state index in [9.17, 15) is 22.8 Å². The molecule has 250 valence electrons. The molecule has 11 nitrogen and oxygen atoms in total. The Morgan fingerprint density at radius 3 is 2.45 bits per heavy atom. The number of rotatable bonds is 12. The molecule has 1 fully saturated rings. The number of aryl methyl sites for hydroxylation is 2. The molecule has 5 rings (SSSR count). The van der Waals surface area contributed by atoms with Gasteiger partial charge in [-0.15, -0.1) is 0 Å². The van der Waals surface area contributed by atoms with Crippen molar-refractivity contribution < 1.29 is 37.5 Å². The number of para-hydroxylation sites is 1. The van der Waals surface area contributed by atoms with Crippen molar-refractivity contribution in [1.29, 1.82) is 0 Å². The van der Waals surface area contributed by atoms with Crippen LogP contribution in [0.5, 0.6) is 5.75 Å². The molecule has 1 saturated carbocycles. The van der Waals surface area contributed by atoms with Crippen LogP contribution in [0, 0.1) is 19.8 Å². The minimum Gasteiger partial charge on any atom is -0.482 e. The van der Waals surface area contributed by atoms with Crippen LogP contribution in [-0.2, 0) is 31.1 Å². The van der Waals surface area contributed by atoms with Gasteiger partial charge in [-0.3, -0.25) is 14.4 Å². The van der Waals surface area contributed by atoms with Crippen molar-refractivity contribution in [2.45, 2.75) is 64.1 Å². The molecule has 12 heteroatoms. The molecule has 1 aliphatic carbocycles. The molecule has 0 bridgehead atoms. The third-order valence-electron chi connectivity index (χ3n) is 8.96. The molecule has 3 N–H and O–H groups in total. The SMILES string of the molecule is Cc1ccc([C@H]2[C@H](C(=O)NOCc3ccccc3OCC(=O)O)c3ccccc3C(=O)N2[C@H]2CCCC[C@@H]2CNS(C)(=O)=O)c(C)c1. The summed E-state index contributed by atoms with van der Waals surface area (Å²) in [6, 6.07) is 18.8. The number of ether oxygens (including phenoxy) is 1. The van der Waals surface area contributed by atoms with Crippen molar-refractivity contribution in [2.75, 3.05) is 19.4 Å². The average molecular weight is 664 g/mol. The molecule has 3 aromatic rings. The number of carbonyl (C=O) groups is 3. The smallest absolute Gasteiger partial charge is 0.341 e. The lowest BCUT2D eigenvalue weighted by atomic mass is 9.74. The standard InChI is InChI=1S/C35H41N3O8S/c1-22-16-17-26(23(2)18-22)33-32(34(41)37-46-20-25-11-5-9-15-30(25)45-21-31(39)40)27-12-6-7-13-28(27)35(42)38(33)29-14-8-4-10-24(29)19-36-47(3,43)44/h5-7,9,11-13,15-18,24,29,32-33,36H,4,8,10,14,19-21H2,1-3H3,(H,37,41)(H,39,40)/t24-,29+,32-,33+/m1/s1. The lowest BCUT2D eigenvalue weighted by molar-refractivity contribution is -0.139. The third-order valence-corrected chi connectivity index (χ3v) is 9.65. The second kappa shape index (κ2) is 14.7. The van der Waals surface area contributed by atoms with Crippen LogP contribution in [0.2, 0.25) is 0 Å². The van der Waals surface area contributed by atoms with Crippen LogP contribution in [0.3, 0.4) is 0 Å². The minimum absolute atomic E-state index is 0.0887. The van der Waals surface area contributed by atoms with Gasteiger partial charge in [0.05, 0.1) is 18.2 Å². The van der Waals surface area contributed by atoms with E-state index in [1.807, 2.05) is 36.9 Å². The number of carboxylic acid groups (broad SMARTS) is 1. The number of hydroxylamine groups is 1.